The molecule has 0 spiro atoms. The molecule has 0 unspecified atom stereocenters. The van der Waals surface area contributed by atoms with Crippen LogP contribution in [0.5, 0.6) is 0 Å². The van der Waals surface area contributed by atoms with Crippen LogP contribution < -0.4 is 5.32 Å². The molecule has 0 radical (unpaired) electrons. The van der Waals surface area contributed by atoms with E-state index in [1.165, 1.54) is 19.5 Å². The highest BCUT2D eigenvalue weighted by atomic mass is 19.4. The normalized spacial score (nSPS) is 22.0. The van der Waals surface area contributed by atoms with Crippen molar-refractivity contribution in [1.82, 2.24) is 10.2 Å². The second-order valence-corrected chi connectivity index (χ2v) is 5.71. The number of carbonyl (C=O) groups excluding carboxylic acids is 2. The van der Waals surface area contributed by atoms with Crippen molar-refractivity contribution in [1.29, 1.82) is 0 Å². The van der Waals surface area contributed by atoms with Gasteiger partial charge in [0, 0.05) is 25.9 Å². The summed E-state index contributed by atoms with van der Waals surface area (Å²) >= 11 is 0. The van der Waals surface area contributed by atoms with Gasteiger partial charge in [-0.25, -0.2) is 0 Å². The summed E-state index contributed by atoms with van der Waals surface area (Å²) < 4.78 is 44.4. The fourth-order valence-corrected chi connectivity index (χ4v) is 2.82. The molecule has 23 heavy (non-hydrogen) atoms. The van der Waals surface area contributed by atoms with Crippen LogP contribution in [0.25, 0.3) is 0 Å². The van der Waals surface area contributed by atoms with Crippen molar-refractivity contribution in [2.45, 2.75) is 50.9 Å². The number of aryl methyl sites for hydroxylation is 1. The van der Waals surface area contributed by atoms with Crippen LogP contribution >= 0.6 is 0 Å². The number of hydrogen-bond acceptors (Lipinski definition) is 3. The summed E-state index contributed by atoms with van der Waals surface area (Å²) in [6, 6.07) is -0.557. The van der Waals surface area contributed by atoms with Gasteiger partial charge in [-0.1, -0.05) is 0 Å². The highest BCUT2D eigenvalue weighted by Gasteiger charge is 2.47. The van der Waals surface area contributed by atoms with Crippen LogP contribution in [0.4, 0.5) is 13.2 Å². The first-order valence-electron chi connectivity index (χ1n) is 7.41. The largest absolute Gasteiger partial charge is 0.472 e. The maximum atomic E-state index is 13.2. The SMILES string of the molecule is CC(=O)N[C@H]1CC[C@H](C(F)(F)F)N(C(=O)CCc2ccoc2)C1. The Morgan fingerprint density at radius 1 is 1.39 bits per heavy atom. The van der Waals surface area contributed by atoms with Gasteiger partial charge >= 0.3 is 6.18 Å². The standard InChI is InChI=1S/C15H19F3N2O3/c1-10(21)19-12-3-4-13(15(16,17)18)20(8-12)14(22)5-2-11-6-7-23-9-11/h6-7,9,12-13H,2-5,8H2,1H3,(H,19,21)/t12-,13+/m0/s1. The molecule has 1 aromatic rings. The molecule has 2 rings (SSSR count). The van der Waals surface area contributed by atoms with Gasteiger partial charge in [-0.2, -0.15) is 13.2 Å². The lowest BCUT2D eigenvalue weighted by Gasteiger charge is -2.40. The Morgan fingerprint density at radius 2 is 2.13 bits per heavy atom. The molecular formula is C15H19F3N2O3. The maximum absolute atomic E-state index is 13.2. The molecule has 1 N–H and O–H groups in total. The first kappa shape index (κ1) is 17.4. The zero-order chi connectivity index (χ0) is 17.0. The quantitative estimate of drug-likeness (QED) is 0.920. The van der Waals surface area contributed by atoms with Crippen LogP contribution in [-0.4, -0.2) is 41.5 Å². The molecule has 8 heteroatoms. The van der Waals surface area contributed by atoms with Gasteiger partial charge in [0.25, 0.3) is 0 Å². The second kappa shape index (κ2) is 7.06. The van der Waals surface area contributed by atoms with Crippen LogP contribution in [0.1, 0.15) is 31.7 Å². The minimum Gasteiger partial charge on any atom is -0.472 e. The lowest BCUT2D eigenvalue weighted by molar-refractivity contribution is -0.197. The van der Waals surface area contributed by atoms with E-state index >= 15 is 0 Å². The Kier molecular flexibility index (Phi) is 5.33. The summed E-state index contributed by atoms with van der Waals surface area (Å²) in [4.78, 5) is 24.2. The van der Waals surface area contributed by atoms with Gasteiger partial charge in [0.15, 0.2) is 0 Å². The fourth-order valence-electron chi connectivity index (χ4n) is 2.82. The first-order valence-corrected chi connectivity index (χ1v) is 7.41. The zero-order valence-electron chi connectivity index (χ0n) is 12.7. The van der Waals surface area contributed by atoms with Crippen molar-refractivity contribution in [3.63, 3.8) is 0 Å². The molecule has 1 fully saturated rings. The molecule has 128 valence electrons. The predicted molar refractivity (Wildman–Crippen MR) is 75.4 cm³/mol. The van der Waals surface area contributed by atoms with Crippen molar-refractivity contribution in [2.75, 3.05) is 6.54 Å². The van der Waals surface area contributed by atoms with Crippen molar-refractivity contribution < 1.29 is 27.2 Å². The molecule has 2 heterocycles. The van der Waals surface area contributed by atoms with Crippen molar-refractivity contribution >= 4 is 11.8 Å². The van der Waals surface area contributed by atoms with E-state index in [1.807, 2.05) is 0 Å². The van der Waals surface area contributed by atoms with E-state index in [2.05, 4.69) is 5.32 Å². The van der Waals surface area contributed by atoms with Crippen LogP contribution in [0, 0.1) is 0 Å². The van der Waals surface area contributed by atoms with E-state index < -0.39 is 24.2 Å². The number of nitrogens with zero attached hydrogens (tertiary/aromatic N) is 1. The third-order valence-electron chi connectivity index (χ3n) is 3.90. The molecule has 1 saturated heterocycles. The highest BCUT2D eigenvalue weighted by molar-refractivity contribution is 5.77. The van der Waals surface area contributed by atoms with Crippen LogP contribution in [-0.2, 0) is 16.0 Å². The number of alkyl halides is 3. The van der Waals surface area contributed by atoms with E-state index in [-0.39, 0.29) is 31.7 Å². The smallest absolute Gasteiger partial charge is 0.408 e. The average molecular weight is 332 g/mol. The monoisotopic (exact) mass is 332 g/mol. The van der Waals surface area contributed by atoms with Crippen molar-refractivity contribution in [2.24, 2.45) is 0 Å². The maximum Gasteiger partial charge on any atom is 0.408 e. The van der Waals surface area contributed by atoms with Gasteiger partial charge in [-0.3, -0.25) is 9.59 Å². The molecule has 1 aliphatic heterocycles. The molecule has 0 aromatic carbocycles. The second-order valence-electron chi connectivity index (χ2n) is 5.71. The highest BCUT2D eigenvalue weighted by Crippen LogP contribution is 2.32. The minimum absolute atomic E-state index is 0.0289. The number of likely N-dealkylation sites (tertiary alicyclic amines) is 1. The first-order chi connectivity index (χ1) is 10.8. The van der Waals surface area contributed by atoms with Crippen LogP contribution in [0.15, 0.2) is 23.0 Å². The third kappa shape index (κ3) is 4.74. The summed E-state index contributed by atoms with van der Waals surface area (Å²) in [7, 11) is 0. The third-order valence-corrected chi connectivity index (χ3v) is 3.90. The van der Waals surface area contributed by atoms with Crippen LogP contribution in [0.3, 0.4) is 0 Å². The van der Waals surface area contributed by atoms with Crippen LogP contribution in [0.2, 0.25) is 0 Å². The summed E-state index contributed by atoms with van der Waals surface area (Å²) in [5.74, 6) is -0.880. The molecule has 0 bridgehead atoms. The molecule has 1 aromatic heterocycles. The number of halogens is 3. The van der Waals surface area contributed by atoms with E-state index in [9.17, 15) is 22.8 Å². The molecule has 1 aliphatic rings. The Hall–Kier alpha value is -1.99. The van der Waals surface area contributed by atoms with Gasteiger partial charge in [0.05, 0.1) is 12.5 Å². The number of amides is 2. The topological polar surface area (TPSA) is 62.6 Å². The summed E-state index contributed by atoms with van der Waals surface area (Å²) in [5, 5.41) is 2.59. The lowest BCUT2D eigenvalue weighted by atomic mass is 9.96. The fraction of sp³-hybridized carbons (Fsp3) is 0.600. The lowest BCUT2D eigenvalue weighted by Crippen LogP contribution is -2.58. The Morgan fingerprint density at radius 3 is 2.70 bits per heavy atom. The molecule has 5 nitrogen and oxygen atoms in total. The van der Waals surface area contributed by atoms with E-state index in [4.69, 9.17) is 4.42 Å². The van der Waals surface area contributed by atoms with Gasteiger partial charge in [-0.05, 0) is 30.9 Å². The molecular weight excluding hydrogens is 313 g/mol. The molecule has 2 atom stereocenters. The number of hydrogen-bond donors (Lipinski definition) is 1. The van der Waals surface area contributed by atoms with Gasteiger partial charge in [-0.15, -0.1) is 0 Å². The molecule has 2 amide bonds. The predicted octanol–water partition coefficient (Wildman–Crippen LogP) is 2.27. The molecule has 0 aliphatic carbocycles. The zero-order valence-corrected chi connectivity index (χ0v) is 12.7. The van der Waals surface area contributed by atoms with E-state index in [0.717, 1.165) is 10.5 Å². The Bertz CT molecular complexity index is 543. The molecule has 0 saturated carbocycles. The average Bonchev–Trinajstić information content (AvgIpc) is 2.96. The van der Waals surface area contributed by atoms with Gasteiger partial charge in [0.1, 0.15) is 6.04 Å². The summed E-state index contributed by atoms with van der Waals surface area (Å²) in [6.45, 7) is 1.19. The van der Waals surface area contributed by atoms with E-state index in [0.29, 0.717) is 6.42 Å². The van der Waals surface area contributed by atoms with Gasteiger partial charge < -0.3 is 14.6 Å². The summed E-state index contributed by atoms with van der Waals surface area (Å²) in [6.07, 6.45) is -1.26. The van der Waals surface area contributed by atoms with E-state index in [1.54, 1.807) is 6.07 Å². The van der Waals surface area contributed by atoms with Crippen molar-refractivity contribution in [3.05, 3.63) is 24.2 Å². The Balaban J connectivity index is 2.04. The van der Waals surface area contributed by atoms with Crippen molar-refractivity contribution in [3.8, 4) is 0 Å². The number of piperidine rings is 1. The minimum atomic E-state index is -4.47. The number of rotatable bonds is 4. The summed E-state index contributed by atoms with van der Waals surface area (Å²) in [5.41, 5.74) is 0.761. The number of furan rings is 1. The Labute approximate surface area is 131 Å². The van der Waals surface area contributed by atoms with Gasteiger partial charge in [0.2, 0.25) is 11.8 Å². The number of carbonyl (C=O) groups is 2. The number of nitrogens with one attached hydrogen (secondary N) is 1.